The molecule has 1 heterocycles. The molecule has 0 atom stereocenters. The van der Waals surface area contributed by atoms with Crippen molar-refractivity contribution in [2.24, 2.45) is 0 Å². The molecular formula is C15H9BrClNO2. The fourth-order valence-electron chi connectivity index (χ4n) is 1.92. The van der Waals surface area contributed by atoms with Crippen LogP contribution in [0.25, 0.3) is 10.8 Å². The average Bonchev–Trinajstić information content (AvgIpc) is 2.86. The summed E-state index contributed by atoms with van der Waals surface area (Å²) >= 11 is 9.08. The zero-order chi connectivity index (χ0) is 14.1. The average molecular weight is 351 g/mol. The molecule has 100 valence electrons. The van der Waals surface area contributed by atoms with E-state index >= 15 is 0 Å². The molecule has 1 aromatic heterocycles. The lowest BCUT2D eigenvalue weighted by molar-refractivity contribution is 0.0997. The van der Waals surface area contributed by atoms with Gasteiger partial charge in [0.05, 0.1) is 0 Å². The van der Waals surface area contributed by atoms with Crippen LogP contribution in [0.2, 0.25) is 5.22 Å². The molecule has 0 saturated heterocycles. The maximum atomic E-state index is 11.9. The number of anilines is 1. The van der Waals surface area contributed by atoms with Gasteiger partial charge in [0.2, 0.25) is 0 Å². The summed E-state index contributed by atoms with van der Waals surface area (Å²) in [6, 6.07) is 14.7. The number of hydrogen-bond acceptors (Lipinski definition) is 2. The van der Waals surface area contributed by atoms with Crippen LogP contribution in [0.3, 0.4) is 0 Å². The van der Waals surface area contributed by atoms with Gasteiger partial charge in [0.1, 0.15) is 0 Å². The normalized spacial score (nSPS) is 10.7. The van der Waals surface area contributed by atoms with Crippen molar-refractivity contribution in [3.05, 3.63) is 64.0 Å². The highest BCUT2D eigenvalue weighted by Gasteiger charge is 2.10. The minimum absolute atomic E-state index is 0.186. The van der Waals surface area contributed by atoms with E-state index in [9.17, 15) is 4.79 Å². The number of furan rings is 1. The Morgan fingerprint density at radius 1 is 1.05 bits per heavy atom. The molecule has 0 aliphatic rings. The molecule has 0 radical (unpaired) electrons. The number of carbonyl (C=O) groups excluding carboxylic acids is 1. The van der Waals surface area contributed by atoms with Gasteiger partial charge in [-0.3, -0.25) is 4.79 Å². The van der Waals surface area contributed by atoms with E-state index in [1.54, 1.807) is 0 Å². The van der Waals surface area contributed by atoms with Gasteiger partial charge in [-0.1, -0.05) is 28.1 Å². The van der Waals surface area contributed by atoms with Crippen LogP contribution in [-0.4, -0.2) is 5.91 Å². The Morgan fingerprint density at radius 2 is 1.80 bits per heavy atom. The van der Waals surface area contributed by atoms with Crippen LogP contribution in [0, 0.1) is 0 Å². The highest BCUT2D eigenvalue weighted by molar-refractivity contribution is 9.10. The predicted octanol–water partition coefficient (Wildman–Crippen LogP) is 5.10. The Morgan fingerprint density at radius 3 is 2.55 bits per heavy atom. The molecule has 0 aliphatic heterocycles. The molecule has 20 heavy (non-hydrogen) atoms. The zero-order valence-electron chi connectivity index (χ0n) is 10.2. The van der Waals surface area contributed by atoms with Crippen LogP contribution in [0.15, 0.2) is 57.4 Å². The molecule has 3 nitrogen and oxygen atoms in total. The number of fused-ring (bicyclic) bond motifs is 1. The van der Waals surface area contributed by atoms with Gasteiger partial charge in [0.15, 0.2) is 11.0 Å². The highest BCUT2D eigenvalue weighted by atomic mass is 79.9. The first kappa shape index (κ1) is 13.2. The molecule has 0 bridgehead atoms. The summed E-state index contributed by atoms with van der Waals surface area (Å²) < 4.78 is 6.09. The van der Waals surface area contributed by atoms with Crippen molar-refractivity contribution >= 4 is 49.9 Å². The summed E-state index contributed by atoms with van der Waals surface area (Å²) in [5.41, 5.74) is 0.706. The molecule has 0 saturated carbocycles. The van der Waals surface area contributed by atoms with E-state index in [1.807, 2.05) is 36.4 Å². The number of benzene rings is 2. The van der Waals surface area contributed by atoms with Crippen molar-refractivity contribution in [3.8, 4) is 0 Å². The van der Waals surface area contributed by atoms with E-state index in [4.69, 9.17) is 16.0 Å². The van der Waals surface area contributed by atoms with E-state index in [0.717, 1.165) is 15.2 Å². The lowest BCUT2D eigenvalue weighted by Gasteiger charge is -2.05. The van der Waals surface area contributed by atoms with Crippen LogP contribution >= 0.6 is 27.5 Å². The molecule has 1 amide bonds. The Balaban J connectivity index is 1.87. The molecule has 0 aliphatic carbocycles. The third-order valence-electron chi connectivity index (χ3n) is 2.86. The van der Waals surface area contributed by atoms with Gasteiger partial charge < -0.3 is 9.73 Å². The summed E-state index contributed by atoms with van der Waals surface area (Å²) in [4.78, 5) is 11.9. The predicted molar refractivity (Wildman–Crippen MR) is 83.3 cm³/mol. The Bertz CT molecular complexity index is 797. The number of amides is 1. The second kappa shape index (κ2) is 5.31. The lowest BCUT2D eigenvalue weighted by Crippen LogP contribution is -2.10. The molecule has 3 aromatic rings. The van der Waals surface area contributed by atoms with Crippen molar-refractivity contribution in [2.75, 3.05) is 5.32 Å². The molecular weight excluding hydrogens is 342 g/mol. The van der Waals surface area contributed by atoms with Crippen molar-refractivity contribution in [2.45, 2.75) is 0 Å². The van der Waals surface area contributed by atoms with Crippen LogP contribution in [0.1, 0.15) is 10.6 Å². The van der Waals surface area contributed by atoms with E-state index in [1.165, 1.54) is 12.1 Å². The Labute approximate surface area is 128 Å². The van der Waals surface area contributed by atoms with Gasteiger partial charge in [-0.2, -0.15) is 0 Å². The maximum Gasteiger partial charge on any atom is 0.291 e. The molecule has 0 unspecified atom stereocenters. The highest BCUT2D eigenvalue weighted by Crippen LogP contribution is 2.23. The van der Waals surface area contributed by atoms with E-state index < -0.39 is 0 Å². The molecule has 1 N–H and O–H groups in total. The third-order valence-corrected chi connectivity index (χ3v) is 3.55. The van der Waals surface area contributed by atoms with Crippen molar-refractivity contribution in [1.29, 1.82) is 0 Å². The van der Waals surface area contributed by atoms with Crippen molar-refractivity contribution < 1.29 is 9.21 Å². The first-order valence-electron chi connectivity index (χ1n) is 5.88. The summed E-state index contributed by atoms with van der Waals surface area (Å²) in [6.07, 6.45) is 0. The second-order valence-electron chi connectivity index (χ2n) is 4.26. The molecule has 0 spiro atoms. The molecule has 0 fully saturated rings. The molecule has 3 rings (SSSR count). The summed E-state index contributed by atoms with van der Waals surface area (Å²) in [5.74, 6) is -0.140. The Kier molecular flexibility index (Phi) is 3.51. The van der Waals surface area contributed by atoms with E-state index in [-0.39, 0.29) is 16.9 Å². The first-order valence-corrected chi connectivity index (χ1v) is 7.05. The third kappa shape index (κ3) is 2.71. The number of nitrogens with one attached hydrogen (secondary N) is 1. The molecule has 5 heteroatoms. The SMILES string of the molecule is O=C(Nc1ccc2cc(Br)ccc2c1)c1ccc(Cl)o1. The van der Waals surface area contributed by atoms with Gasteiger partial charge >= 0.3 is 0 Å². The lowest BCUT2D eigenvalue weighted by atomic mass is 10.1. The first-order chi connectivity index (χ1) is 9.61. The summed E-state index contributed by atoms with van der Waals surface area (Å²) in [7, 11) is 0. The van der Waals surface area contributed by atoms with Gasteiger partial charge in [0.25, 0.3) is 5.91 Å². The second-order valence-corrected chi connectivity index (χ2v) is 5.55. The smallest absolute Gasteiger partial charge is 0.291 e. The topological polar surface area (TPSA) is 42.2 Å². The molecule has 2 aromatic carbocycles. The van der Waals surface area contributed by atoms with Gasteiger partial charge in [-0.05, 0) is 58.8 Å². The van der Waals surface area contributed by atoms with Crippen molar-refractivity contribution in [3.63, 3.8) is 0 Å². The van der Waals surface area contributed by atoms with Crippen LogP contribution in [-0.2, 0) is 0 Å². The zero-order valence-corrected chi connectivity index (χ0v) is 12.5. The fourth-order valence-corrected chi connectivity index (χ4v) is 2.45. The van der Waals surface area contributed by atoms with Gasteiger partial charge in [-0.25, -0.2) is 0 Å². The minimum Gasteiger partial charge on any atom is -0.440 e. The maximum absolute atomic E-state index is 11.9. The van der Waals surface area contributed by atoms with Gasteiger partial charge in [0, 0.05) is 10.2 Å². The minimum atomic E-state index is -0.326. The van der Waals surface area contributed by atoms with Crippen LogP contribution < -0.4 is 5.32 Å². The van der Waals surface area contributed by atoms with E-state index in [0.29, 0.717) is 5.69 Å². The number of rotatable bonds is 2. The summed E-state index contributed by atoms with van der Waals surface area (Å²) in [6.45, 7) is 0. The monoisotopic (exact) mass is 349 g/mol. The van der Waals surface area contributed by atoms with Crippen LogP contribution in [0.5, 0.6) is 0 Å². The van der Waals surface area contributed by atoms with Crippen molar-refractivity contribution in [1.82, 2.24) is 0 Å². The fraction of sp³-hybridized carbons (Fsp3) is 0. The summed E-state index contributed by atoms with van der Waals surface area (Å²) in [5, 5.41) is 5.11. The number of halogens is 2. The van der Waals surface area contributed by atoms with Gasteiger partial charge in [-0.15, -0.1) is 0 Å². The standard InChI is InChI=1S/C15H9BrClNO2/c16-11-3-1-10-8-12(4-2-9(10)7-11)18-15(19)13-5-6-14(17)20-13/h1-8H,(H,18,19). The van der Waals surface area contributed by atoms with Crippen LogP contribution in [0.4, 0.5) is 5.69 Å². The quantitative estimate of drug-likeness (QED) is 0.698. The number of hydrogen-bond donors (Lipinski definition) is 1. The largest absolute Gasteiger partial charge is 0.440 e. The van der Waals surface area contributed by atoms with E-state index in [2.05, 4.69) is 21.2 Å². The number of carbonyl (C=O) groups is 1. The Hall–Kier alpha value is -1.78.